The van der Waals surface area contributed by atoms with Gasteiger partial charge in [-0.15, -0.1) is 10.2 Å². The second kappa shape index (κ2) is 5.59. The van der Waals surface area contributed by atoms with E-state index in [2.05, 4.69) is 10.2 Å². The molecule has 1 aliphatic rings. The van der Waals surface area contributed by atoms with Crippen molar-refractivity contribution in [2.24, 2.45) is 0 Å². The smallest absolute Gasteiger partial charge is 0.323 e. The van der Waals surface area contributed by atoms with Crippen LogP contribution in [-0.2, 0) is 27.9 Å². The van der Waals surface area contributed by atoms with Gasteiger partial charge in [0.15, 0.2) is 0 Å². The van der Waals surface area contributed by atoms with Crippen molar-refractivity contribution in [2.75, 3.05) is 0 Å². The third-order valence-electron chi connectivity index (χ3n) is 3.72. The Hall–Kier alpha value is -1.97. The van der Waals surface area contributed by atoms with Crippen LogP contribution in [0.3, 0.4) is 0 Å². The Morgan fingerprint density at radius 1 is 1.30 bits per heavy atom. The predicted octanol–water partition coefficient (Wildman–Crippen LogP) is 0.898. The molecule has 0 saturated carbocycles. The fourth-order valence-corrected chi connectivity index (χ4v) is 4.14. The van der Waals surface area contributed by atoms with Crippen molar-refractivity contribution in [3.8, 4) is 0 Å². The molecule has 0 radical (unpaired) electrons. The first-order chi connectivity index (χ1) is 10.8. The molecule has 3 rings (SSSR count). The summed E-state index contributed by atoms with van der Waals surface area (Å²) in [6, 6.07) is 4.36. The number of sulfonamides is 1. The molecule has 2 aromatic rings. The fourth-order valence-electron chi connectivity index (χ4n) is 2.49. The molecule has 1 aromatic carbocycles. The summed E-state index contributed by atoms with van der Waals surface area (Å²) in [5.74, 6) is -0.256. The number of carbonyl (C=O) groups is 1. The van der Waals surface area contributed by atoms with Crippen molar-refractivity contribution < 1.29 is 18.3 Å². The van der Waals surface area contributed by atoms with Crippen molar-refractivity contribution in [1.82, 2.24) is 19.1 Å². The highest BCUT2D eigenvalue weighted by molar-refractivity contribution is 7.89. The van der Waals surface area contributed by atoms with Crippen molar-refractivity contribution in [1.29, 1.82) is 0 Å². The zero-order valence-corrected chi connectivity index (χ0v) is 13.6. The van der Waals surface area contributed by atoms with Gasteiger partial charge in [0, 0.05) is 5.02 Å². The van der Waals surface area contributed by atoms with Crippen LogP contribution < -0.4 is 0 Å². The lowest BCUT2D eigenvalue weighted by Crippen LogP contribution is -2.50. The molecule has 1 atom stereocenters. The quantitative estimate of drug-likeness (QED) is 0.875. The number of benzene rings is 1. The summed E-state index contributed by atoms with van der Waals surface area (Å²) in [6.45, 7) is 1.51. The Morgan fingerprint density at radius 3 is 2.57 bits per heavy atom. The Balaban J connectivity index is 2.05. The maximum atomic E-state index is 12.8. The number of carboxylic acid groups (broad SMARTS) is 1. The molecule has 23 heavy (non-hydrogen) atoms. The second-order valence-corrected chi connectivity index (χ2v) is 7.46. The molecule has 1 aromatic heterocycles. The van der Waals surface area contributed by atoms with Gasteiger partial charge in [-0.2, -0.15) is 4.31 Å². The van der Waals surface area contributed by atoms with E-state index in [1.807, 2.05) is 0 Å². The maximum Gasteiger partial charge on any atom is 0.323 e. The molecule has 0 saturated heterocycles. The van der Waals surface area contributed by atoms with E-state index in [0.29, 0.717) is 16.7 Å². The van der Waals surface area contributed by atoms with E-state index < -0.39 is 22.0 Å². The minimum absolute atomic E-state index is 0.0159. The van der Waals surface area contributed by atoms with E-state index in [1.54, 1.807) is 11.5 Å². The first-order valence-electron chi connectivity index (χ1n) is 6.69. The average Bonchev–Trinajstić information content (AvgIpc) is 2.87. The van der Waals surface area contributed by atoms with Gasteiger partial charge in [0.25, 0.3) is 0 Å². The lowest BCUT2D eigenvalue weighted by molar-refractivity contribution is -0.142. The Bertz CT molecular complexity index is 863. The lowest BCUT2D eigenvalue weighted by atomic mass is 10.2. The van der Waals surface area contributed by atoms with Gasteiger partial charge in [-0.05, 0) is 31.2 Å². The van der Waals surface area contributed by atoms with Gasteiger partial charge in [-0.25, -0.2) is 8.42 Å². The molecular formula is C13H13ClN4O4S. The van der Waals surface area contributed by atoms with E-state index in [1.165, 1.54) is 24.3 Å². The molecule has 1 aliphatic heterocycles. The maximum absolute atomic E-state index is 12.8. The predicted molar refractivity (Wildman–Crippen MR) is 80.4 cm³/mol. The van der Waals surface area contributed by atoms with Crippen LogP contribution in [0.15, 0.2) is 29.2 Å². The first kappa shape index (κ1) is 15.9. The van der Waals surface area contributed by atoms with Gasteiger partial charge in [0.05, 0.1) is 18.0 Å². The standard InChI is InChI=1S/C13H13ClN4O4S/c1-8-15-16-12-7-18(11(13(19)20)6-17(8)12)23(21,22)10-4-2-9(14)3-5-10/h2-5,11H,6-7H2,1H3,(H,19,20). The minimum Gasteiger partial charge on any atom is -0.480 e. The summed E-state index contributed by atoms with van der Waals surface area (Å²) < 4.78 is 28.1. The number of nitrogens with zero attached hydrogens (tertiary/aromatic N) is 4. The molecule has 2 heterocycles. The van der Waals surface area contributed by atoms with Gasteiger partial charge in [0.1, 0.15) is 17.7 Å². The van der Waals surface area contributed by atoms with E-state index in [-0.39, 0.29) is 18.0 Å². The van der Waals surface area contributed by atoms with E-state index in [0.717, 1.165) is 4.31 Å². The zero-order chi connectivity index (χ0) is 16.8. The van der Waals surface area contributed by atoms with Crippen molar-refractivity contribution in [3.63, 3.8) is 0 Å². The summed E-state index contributed by atoms with van der Waals surface area (Å²) in [5, 5.41) is 17.6. The highest BCUT2D eigenvalue weighted by Crippen LogP contribution is 2.26. The number of aromatic nitrogens is 3. The number of aliphatic carboxylic acids is 1. The molecule has 1 N–H and O–H groups in total. The van der Waals surface area contributed by atoms with Crippen LogP contribution in [0.4, 0.5) is 0 Å². The topological polar surface area (TPSA) is 105 Å². The Labute approximate surface area is 137 Å². The zero-order valence-electron chi connectivity index (χ0n) is 12.0. The summed E-state index contributed by atoms with van der Waals surface area (Å²) in [5.41, 5.74) is 0. The largest absolute Gasteiger partial charge is 0.480 e. The van der Waals surface area contributed by atoms with Crippen LogP contribution >= 0.6 is 11.6 Å². The highest BCUT2D eigenvalue weighted by Gasteiger charge is 2.41. The molecule has 0 amide bonds. The fraction of sp³-hybridized carbons (Fsp3) is 0.308. The third-order valence-corrected chi connectivity index (χ3v) is 5.84. The number of carboxylic acids is 1. The van der Waals surface area contributed by atoms with Gasteiger partial charge in [0.2, 0.25) is 10.0 Å². The van der Waals surface area contributed by atoms with Gasteiger partial charge >= 0.3 is 5.97 Å². The molecule has 122 valence electrons. The Kier molecular flexibility index (Phi) is 3.86. The monoisotopic (exact) mass is 356 g/mol. The average molecular weight is 357 g/mol. The van der Waals surface area contributed by atoms with Gasteiger partial charge in [-0.3, -0.25) is 4.79 Å². The molecule has 0 aliphatic carbocycles. The van der Waals surface area contributed by atoms with E-state index in [4.69, 9.17) is 11.6 Å². The van der Waals surface area contributed by atoms with Crippen molar-refractivity contribution in [3.05, 3.63) is 40.9 Å². The molecule has 8 nitrogen and oxygen atoms in total. The van der Waals surface area contributed by atoms with Crippen LogP contribution in [-0.4, -0.2) is 44.6 Å². The number of aryl methyl sites for hydroxylation is 1. The molecule has 10 heteroatoms. The van der Waals surface area contributed by atoms with Crippen LogP contribution in [0.1, 0.15) is 11.6 Å². The summed E-state index contributed by atoms with van der Waals surface area (Å²) >= 11 is 5.77. The number of hydrogen-bond acceptors (Lipinski definition) is 5. The number of halogens is 1. The van der Waals surface area contributed by atoms with Crippen molar-refractivity contribution >= 4 is 27.6 Å². The molecule has 0 bridgehead atoms. The number of fused-ring (bicyclic) bond motifs is 1. The van der Waals surface area contributed by atoms with E-state index in [9.17, 15) is 18.3 Å². The molecule has 0 fully saturated rings. The molecule has 1 unspecified atom stereocenters. The Morgan fingerprint density at radius 2 is 1.96 bits per heavy atom. The highest BCUT2D eigenvalue weighted by atomic mass is 35.5. The van der Waals surface area contributed by atoms with Gasteiger partial charge < -0.3 is 9.67 Å². The normalized spacial score (nSPS) is 18.6. The van der Waals surface area contributed by atoms with Crippen LogP contribution in [0, 0.1) is 6.92 Å². The molecular weight excluding hydrogens is 344 g/mol. The minimum atomic E-state index is -3.99. The van der Waals surface area contributed by atoms with Crippen LogP contribution in [0.5, 0.6) is 0 Å². The second-order valence-electron chi connectivity index (χ2n) is 5.13. The number of hydrogen-bond donors (Lipinski definition) is 1. The van der Waals surface area contributed by atoms with Gasteiger partial charge in [-0.1, -0.05) is 11.6 Å². The molecule has 0 spiro atoms. The third kappa shape index (κ3) is 2.71. The first-order valence-corrected chi connectivity index (χ1v) is 8.51. The van der Waals surface area contributed by atoms with Crippen LogP contribution in [0.25, 0.3) is 0 Å². The van der Waals surface area contributed by atoms with E-state index >= 15 is 0 Å². The lowest BCUT2D eigenvalue weighted by Gasteiger charge is -2.32. The summed E-state index contributed by atoms with van der Waals surface area (Å²) in [4.78, 5) is 11.5. The van der Waals surface area contributed by atoms with Crippen LogP contribution in [0.2, 0.25) is 5.02 Å². The summed E-state index contributed by atoms with van der Waals surface area (Å²) in [7, 11) is -3.99. The SMILES string of the molecule is Cc1nnc2n1CC(C(=O)O)N(S(=O)(=O)c1ccc(Cl)cc1)C2. The van der Waals surface area contributed by atoms with Crippen molar-refractivity contribution in [2.45, 2.75) is 31.0 Å². The number of rotatable bonds is 3. The summed E-state index contributed by atoms with van der Waals surface area (Å²) in [6.07, 6.45) is 0.